The van der Waals surface area contributed by atoms with Crippen LogP contribution in [-0.4, -0.2) is 29.6 Å². The monoisotopic (exact) mass is 419 g/mol. The number of pyridine rings is 1. The molecule has 0 unspecified atom stereocenters. The van der Waals surface area contributed by atoms with Crippen LogP contribution in [0.1, 0.15) is 33.3 Å². The molecule has 2 N–H and O–H groups in total. The lowest BCUT2D eigenvalue weighted by Gasteiger charge is -2.09. The van der Waals surface area contributed by atoms with Crippen LogP contribution >= 0.6 is 0 Å². The summed E-state index contributed by atoms with van der Waals surface area (Å²) in [5, 5.41) is 5.59. The van der Waals surface area contributed by atoms with Gasteiger partial charge in [-0.2, -0.15) is 0 Å². The first-order valence-corrected chi connectivity index (χ1v) is 9.59. The molecule has 3 rings (SSSR count). The molecule has 0 aliphatic carbocycles. The summed E-state index contributed by atoms with van der Waals surface area (Å²) in [5.41, 5.74) is 2.13. The number of ether oxygens (including phenoxy) is 2. The van der Waals surface area contributed by atoms with Gasteiger partial charge < -0.3 is 20.1 Å². The third kappa shape index (κ3) is 6.40. The van der Waals surface area contributed by atoms with Gasteiger partial charge in [-0.15, -0.1) is 0 Å². The van der Waals surface area contributed by atoms with Gasteiger partial charge in [0.15, 0.2) is 0 Å². The van der Waals surface area contributed by atoms with Crippen molar-refractivity contribution in [2.75, 3.05) is 11.9 Å². The molecule has 0 radical (unpaired) electrons. The van der Waals surface area contributed by atoms with Crippen LogP contribution in [0.4, 0.5) is 10.5 Å². The lowest BCUT2D eigenvalue weighted by molar-refractivity contribution is 0.0944. The van der Waals surface area contributed by atoms with Gasteiger partial charge in [0.05, 0.1) is 6.61 Å². The maximum atomic E-state index is 12.5. The normalized spacial score (nSPS) is 10.1. The fraction of sp³-hybridized carbons (Fsp3) is 0.130. The highest BCUT2D eigenvalue weighted by molar-refractivity contribution is 6.04. The lowest BCUT2D eigenvalue weighted by Crippen LogP contribution is -2.23. The van der Waals surface area contributed by atoms with E-state index in [1.165, 1.54) is 12.1 Å². The third-order valence-electron chi connectivity index (χ3n) is 4.12. The number of aromatic nitrogens is 1. The number of anilines is 1. The zero-order valence-electron chi connectivity index (χ0n) is 16.8. The zero-order chi connectivity index (χ0) is 22.1. The van der Waals surface area contributed by atoms with Crippen molar-refractivity contribution in [1.29, 1.82) is 0 Å². The second kappa shape index (κ2) is 10.5. The SMILES string of the molecule is CCOC(=O)Oc1ccc(C(=O)Nc2cccc(CNC(=O)c3ccccn3)c2)cc1. The van der Waals surface area contributed by atoms with Gasteiger partial charge in [0, 0.05) is 24.0 Å². The van der Waals surface area contributed by atoms with Crippen molar-refractivity contribution in [2.45, 2.75) is 13.5 Å². The highest BCUT2D eigenvalue weighted by Gasteiger charge is 2.10. The summed E-state index contributed by atoms with van der Waals surface area (Å²) in [7, 11) is 0. The summed E-state index contributed by atoms with van der Waals surface area (Å²) in [6.07, 6.45) is 0.757. The molecule has 0 saturated heterocycles. The van der Waals surface area contributed by atoms with Gasteiger partial charge >= 0.3 is 6.16 Å². The van der Waals surface area contributed by atoms with Gasteiger partial charge in [-0.3, -0.25) is 14.6 Å². The molecule has 0 saturated carbocycles. The Labute approximate surface area is 179 Å². The average Bonchev–Trinajstić information content (AvgIpc) is 2.79. The first-order chi connectivity index (χ1) is 15.0. The number of benzene rings is 2. The van der Waals surface area contributed by atoms with Crippen molar-refractivity contribution < 1.29 is 23.9 Å². The van der Waals surface area contributed by atoms with Crippen molar-refractivity contribution >= 4 is 23.7 Å². The van der Waals surface area contributed by atoms with E-state index in [0.717, 1.165) is 5.56 Å². The first-order valence-electron chi connectivity index (χ1n) is 9.59. The summed E-state index contributed by atoms with van der Waals surface area (Å²) in [6.45, 7) is 2.18. The predicted molar refractivity (Wildman–Crippen MR) is 114 cm³/mol. The van der Waals surface area contributed by atoms with Gasteiger partial charge in [0.1, 0.15) is 11.4 Å². The number of nitrogens with one attached hydrogen (secondary N) is 2. The maximum absolute atomic E-state index is 12.5. The van der Waals surface area contributed by atoms with E-state index in [1.807, 2.05) is 6.07 Å². The Hall–Kier alpha value is -4.20. The molecular formula is C23H21N3O5. The Morgan fingerprint density at radius 2 is 1.74 bits per heavy atom. The molecule has 0 aliphatic heterocycles. The van der Waals surface area contributed by atoms with Crippen LogP contribution < -0.4 is 15.4 Å². The number of nitrogens with zero attached hydrogens (tertiary/aromatic N) is 1. The van der Waals surface area contributed by atoms with E-state index in [2.05, 4.69) is 15.6 Å². The number of amides is 2. The molecule has 3 aromatic rings. The summed E-state index contributed by atoms with van der Waals surface area (Å²) in [4.78, 5) is 39.9. The van der Waals surface area contributed by atoms with E-state index >= 15 is 0 Å². The Morgan fingerprint density at radius 1 is 0.935 bits per heavy atom. The Balaban J connectivity index is 1.57. The number of rotatable bonds is 7. The topological polar surface area (TPSA) is 107 Å². The van der Waals surface area contributed by atoms with Gasteiger partial charge in [-0.05, 0) is 61.0 Å². The van der Waals surface area contributed by atoms with Gasteiger partial charge in [0.25, 0.3) is 11.8 Å². The van der Waals surface area contributed by atoms with Gasteiger partial charge in [-0.1, -0.05) is 18.2 Å². The number of hydrogen-bond donors (Lipinski definition) is 2. The Bertz CT molecular complexity index is 1050. The predicted octanol–water partition coefficient (Wildman–Crippen LogP) is 3.80. The number of carbonyl (C=O) groups is 3. The number of hydrogen-bond acceptors (Lipinski definition) is 6. The van der Waals surface area contributed by atoms with E-state index in [1.54, 1.807) is 61.7 Å². The van der Waals surface area contributed by atoms with Gasteiger partial charge in [0.2, 0.25) is 0 Å². The molecule has 8 heteroatoms. The van der Waals surface area contributed by atoms with Crippen LogP contribution in [0.5, 0.6) is 5.75 Å². The highest BCUT2D eigenvalue weighted by Crippen LogP contribution is 2.16. The smallest absolute Gasteiger partial charge is 0.434 e. The molecule has 2 amide bonds. The zero-order valence-corrected chi connectivity index (χ0v) is 16.8. The van der Waals surface area contributed by atoms with Crippen LogP contribution in [0, 0.1) is 0 Å². The Kier molecular flexibility index (Phi) is 7.31. The van der Waals surface area contributed by atoms with Gasteiger partial charge in [-0.25, -0.2) is 4.79 Å². The summed E-state index contributed by atoms with van der Waals surface area (Å²) in [5.74, 6) is -0.321. The molecule has 8 nitrogen and oxygen atoms in total. The Morgan fingerprint density at radius 3 is 2.45 bits per heavy atom. The molecule has 0 fully saturated rings. The molecule has 1 aromatic heterocycles. The van der Waals surface area contributed by atoms with Crippen molar-refractivity contribution in [3.8, 4) is 5.75 Å². The molecule has 1 heterocycles. The minimum absolute atomic E-state index is 0.214. The minimum Gasteiger partial charge on any atom is -0.434 e. The molecule has 158 valence electrons. The summed E-state index contributed by atoms with van der Waals surface area (Å²) < 4.78 is 9.67. The largest absolute Gasteiger partial charge is 0.513 e. The number of carbonyl (C=O) groups excluding carboxylic acids is 3. The molecule has 0 bridgehead atoms. The average molecular weight is 419 g/mol. The van der Waals surface area contributed by atoms with Crippen LogP contribution in [0.25, 0.3) is 0 Å². The van der Waals surface area contributed by atoms with E-state index < -0.39 is 6.16 Å². The molecular weight excluding hydrogens is 398 g/mol. The summed E-state index contributed by atoms with van der Waals surface area (Å²) >= 11 is 0. The quantitative estimate of drug-likeness (QED) is 0.446. The lowest BCUT2D eigenvalue weighted by atomic mass is 10.1. The van der Waals surface area contributed by atoms with Crippen molar-refractivity contribution in [3.05, 3.63) is 89.7 Å². The van der Waals surface area contributed by atoms with E-state index in [9.17, 15) is 14.4 Å². The second-order valence-corrected chi connectivity index (χ2v) is 6.36. The van der Waals surface area contributed by atoms with Crippen LogP contribution in [0.2, 0.25) is 0 Å². The fourth-order valence-corrected chi connectivity index (χ4v) is 2.65. The minimum atomic E-state index is -0.799. The summed E-state index contributed by atoms with van der Waals surface area (Å²) in [6, 6.07) is 18.4. The van der Waals surface area contributed by atoms with Crippen LogP contribution in [-0.2, 0) is 11.3 Å². The van der Waals surface area contributed by atoms with E-state index in [4.69, 9.17) is 9.47 Å². The van der Waals surface area contributed by atoms with Crippen molar-refractivity contribution in [3.63, 3.8) is 0 Å². The van der Waals surface area contributed by atoms with E-state index in [-0.39, 0.29) is 24.2 Å². The first kappa shape index (κ1) is 21.5. The molecule has 0 aliphatic rings. The van der Waals surface area contributed by atoms with Crippen molar-refractivity contribution in [2.24, 2.45) is 0 Å². The third-order valence-corrected chi connectivity index (χ3v) is 4.12. The molecule has 0 atom stereocenters. The van der Waals surface area contributed by atoms with Crippen molar-refractivity contribution in [1.82, 2.24) is 10.3 Å². The maximum Gasteiger partial charge on any atom is 0.513 e. The second-order valence-electron chi connectivity index (χ2n) is 6.36. The molecule has 2 aromatic carbocycles. The molecule has 31 heavy (non-hydrogen) atoms. The van der Waals surface area contributed by atoms with Crippen LogP contribution in [0.3, 0.4) is 0 Å². The molecule has 0 spiro atoms. The standard InChI is InChI=1S/C23H21N3O5/c1-2-30-23(29)31-19-11-9-17(10-12-19)21(27)26-18-7-5-6-16(14-18)15-25-22(28)20-8-3-4-13-24-20/h3-14H,2,15H2,1H3,(H,25,28)(H,26,27). The fourth-order valence-electron chi connectivity index (χ4n) is 2.65. The van der Waals surface area contributed by atoms with Crippen LogP contribution in [0.15, 0.2) is 72.9 Å². The van der Waals surface area contributed by atoms with E-state index in [0.29, 0.717) is 23.5 Å². The highest BCUT2D eigenvalue weighted by atomic mass is 16.7.